The van der Waals surface area contributed by atoms with E-state index in [1.54, 1.807) is 0 Å². The normalized spacial score (nSPS) is 15.0. The van der Waals surface area contributed by atoms with Gasteiger partial charge in [0, 0.05) is 37.9 Å². The van der Waals surface area contributed by atoms with E-state index >= 15 is 0 Å². The summed E-state index contributed by atoms with van der Waals surface area (Å²) in [6.45, 7) is 7.47. The van der Waals surface area contributed by atoms with Crippen LogP contribution in [0.25, 0.3) is 0 Å². The van der Waals surface area contributed by atoms with Crippen molar-refractivity contribution in [3.05, 3.63) is 46.6 Å². The summed E-state index contributed by atoms with van der Waals surface area (Å²) in [6.07, 6.45) is 1.43. The average Bonchev–Trinajstić information content (AvgIpc) is 2.66. The second-order valence-corrected chi connectivity index (χ2v) is 7.50. The minimum absolute atomic E-state index is 0.418. The zero-order chi connectivity index (χ0) is 19.4. The maximum Gasteiger partial charge on any atom is 0.224 e. The summed E-state index contributed by atoms with van der Waals surface area (Å²) in [7, 11) is 4.12. The molecule has 0 aliphatic carbocycles. The number of hydrogen-bond acceptors (Lipinski definition) is 6. The number of aryl methyl sites for hydroxylation is 1. The van der Waals surface area contributed by atoms with Gasteiger partial charge in [-0.3, -0.25) is 0 Å². The first-order chi connectivity index (χ1) is 13.0. The first kappa shape index (κ1) is 19.6. The van der Waals surface area contributed by atoms with Crippen LogP contribution in [-0.2, 0) is 19.4 Å². The van der Waals surface area contributed by atoms with E-state index in [2.05, 4.69) is 59.3 Å². The van der Waals surface area contributed by atoms with Crippen LogP contribution in [0.4, 0.5) is 11.8 Å². The first-order valence-electron chi connectivity index (χ1n) is 9.77. The molecule has 0 fully saturated rings. The molecule has 6 heteroatoms. The van der Waals surface area contributed by atoms with Gasteiger partial charge in [-0.05, 0) is 50.6 Å². The van der Waals surface area contributed by atoms with Gasteiger partial charge in [-0.2, -0.15) is 4.98 Å². The van der Waals surface area contributed by atoms with E-state index in [9.17, 15) is 5.11 Å². The highest BCUT2D eigenvalue weighted by Gasteiger charge is 2.19. The lowest BCUT2D eigenvalue weighted by molar-refractivity contribution is 0.199. The van der Waals surface area contributed by atoms with Crippen molar-refractivity contribution in [1.29, 1.82) is 0 Å². The van der Waals surface area contributed by atoms with E-state index in [-0.39, 0.29) is 0 Å². The number of anilines is 2. The molecule has 1 aliphatic heterocycles. The fraction of sp³-hybridized carbons (Fsp3) is 0.524. The Balaban J connectivity index is 1.77. The Labute approximate surface area is 162 Å². The van der Waals surface area contributed by atoms with Crippen LogP contribution in [0, 0.1) is 0 Å². The first-order valence-corrected chi connectivity index (χ1v) is 9.77. The molecule has 6 nitrogen and oxygen atoms in total. The molecule has 0 radical (unpaired) electrons. The predicted octanol–water partition coefficient (Wildman–Crippen LogP) is 2.63. The van der Waals surface area contributed by atoms with Gasteiger partial charge in [-0.1, -0.05) is 25.1 Å². The van der Waals surface area contributed by atoms with Crippen LogP contribution in [0.2, 0.25) is 0 Å². The van der Waals surface area contributed by atoms with Gasteiger partial charge in [-0.25, -0.2) is 4.98 Å². The molecule has 0 saturated carbocycles. The predicted molar refractivity (Wildman–Crippen MR) is 110 cm³/mol. The number of benzene rings is 1. The van der Waals surface area contributed by atoms with E-state index < -0.39 is 6.10 Å². The molecule has 2 aromatic rings. The summed E-state index contributed by atoms with van der Waals surface area (Å²) in [6, 6.07) is 8.41. The molecule has 3 rings (SSSR count). The Morgan fingerprint density at radius 3 is 2.74 bits per heavy atom. The summed E-state index contributed by atoms with van der Waals surface area (Å²) in [5, 5.41) is 13.2. The minimum Gasteiger partial charge on any atom is -0.389 e. The zero-order valence-electron chi connectivity index (χ0n) is 16.9. The number of aliphatic hydroxyl groups excluding tert-OH is 1. The number of likely N-dealkylation sites (N-methyl/N-ethyl adjacent to an activating group) is 1. The third-order valence-corrected chi connectivity index (χ3v) is 5.02. The number of aromatic nitrogens is 2. The number of hydrogen-bond donors (Lipinski definition) is 2. The van der Waals surface area contributed by atoms with Crippen molar-refractivity contribution in [3.8, 4) is 0 Å². The molecule has 0 saturated heterocycles. The minimum atomic E-state index is -0.418. The summed E-state index contributed by atoms with van der Waals surface area (Å²) in [4.78, 5) is 13.9. The molecular weight excluding hydrogens is 338 g/mol. The molecule has 0 spiro atoms. The number of fused-ring (bicyclic) bond motifs is 1. The van der Waals surface area contributed by atoms with Crippen molar-refractivity contribution in [2.45, 2.75) is 39.3 Å². The average molecular weight is 370 g/mol. The number of rotatable bonds is 7. The lowest BCUT2D eigenvalue weighted by atomic mass is 9.96. The van der Waals surface area contributed by atoms with Crippen LogP contribution >= 0.6 is 0 Å². The third kappa shape index (κ3) is 4.96. The summed E-state index contributed by atoms with van der Waals surface area (Å²) in [5.74, 6) is 1.70. The molecular formula is C21H31N5O. The molecule has 1 aliphatic rings. The van der Waals surface area contributed by atoms with E-state index in [1.807, 2.05) is 13.0 Å². The largest absolute Gasteiger partial charge is 0.389 e. The highest BCUT2D eigenvalue weighted by Crippen LogP contribution is 2.27. The van der Waals surface area contributed by atoms with Crippen LogP contribution in [-0.4, -0.2) is 53.7 Å². The maximum absolute atomic E-state index is 9.81. The molecule has 0 unspecified atom stereocenters. The Morgan fingerprint density at radius 2 is 2.04 bits per heavy atom. The van der Waals surface area contributed by atoms with Crippen molar-refractivity contribution >= 4 is 11.8 Å². The van der Waals surface area contributed by atoms with Crippen molar-refractivity contribution in [1.82, 2.24) is 14.9 Å². The maximum atomic E-state index is 9.81. The second kappa shape index (κ2) is 8.67. The Morgan fingerprint density at radius 1 is 1.22 bits per heavy atom. The van der Waals surface area contributed by atoms with Crippen molar-refractivity contribution < 1.29 is 5.11 Å². The van der Waals surface area contributed by atoms with Crippen molar-refractivity contribution in [2.75, 3.05) is 43.9 Å². The third-order valence-electron chi connectivity index (χ3n) is 5.02. The van der Waals surface area contributed by atoms with Crippen LogP contribution in [0.15, 0.2) is 24.3 Å². The van der Waals surface area contributed by atoms with Crippen LogP contribution in [0.1, 0.15) is 42.3 Å². The Bertz CT molecular complexity index is 775. The van der Waals surface area contributed by atoms with Gasteiger partial charge >= 0.3 is 0 Å². The topological polar surface area (TPSA) is 64.5 Å². The van der Waals surface area contributed by atoms with Gasteiger partial charge < -0.3 is 20.2 Å². The SMILES string of the molecule is CCc1cc(N2CCc3cc([C@H](C)O)ccc3C2)nc(NCCN(C)C)n1. The molecule has 146 valence electrons. The summed E-state index contributed by atoms with van der Waals surface area (Å²) in [5.41, 5.74) is 4.69. The van der Waals surface area contributed by atoms with Gasteiger partial charge in [0.15, 0.2) is 0 Å². The number of nitrogens with one attached hydrogen (secondary N) is 1. The Kier molecular flexibility index (Phi) is 6.29. The fourth-order valence-corrected chi connectivity index (χ4v) is 3.32. The van der Waals surface area contributed by atoms with E-state index in [4.69, 9.17) is 4.98 Å². The van der Waals surface area contributed by atoms with E-state index in [0.717, 1.165) is 56.1 Å². The Hall–Kier alpha value is -2.18. The second-order valence-electron chi connectivity index (χ2n) is 7.50. The quantitative estimate of drug-likeness (QED) is 0.782. The molecule has 1 aromatic carbocycles. The van der Waals surface area contributed by atoms with Gasteiger partial charge in [0.1, 0.15) is 5.82 Å². The molecule has 2 N–H and O–H groups in total. The smallest absolute Gasteiger partial charge is 0.224 e. The highest BCUT2D eigenvalue weighted by atomic mass is 16.3. The summed E-state index contributed by atoms with van der Waals surface area (Å²) < 4.78 is 0. The van der Waals surface area contributed by atoms with Crippen LogP contribution < -0.4 is 10.2 Å². The highest BCUT2D eigenvalue weighted by molar-refractivity contribution is 5.49. The molecule has 1 atom stereocenters. The zero-order valence-corrected chi connectivity index (χ0v) is 16.9. The summed E-state index contributed by atoms with van der Waals surface area (Å²) >= 11 is 0. The molecule has 0 bridgehead atoms. The molecule has 1 aromatic heterocycles. The molecule has 0 amide bonds. The van der Waals surface area contributed by atoms with Crippen molar-refractivity contribution in [2.24, 2.45) is 0 Å². The van der Waals surface area contributed by atoms with Crippen LogP contribution in [0.3, 0.4) is 0 Å². The standard InChI is InChI=1S/C21H31N5O/c1-5-19-13-20(24-21(23-19)22-9-11-25(3)4)26-10-8-17-12-16(15(2)27)6-7-18(17)14-26/h6-7,12-13,15,27H,5,8-11,14H2,1-4H3,(H,22,23,24)/t15-/m0/s1. The van der Waals surface area contributed by atoms with Crippen LogP contribution in [0.5, 0.6) is 0 Å². The van der Waals surface area contributed by atoms with E-state index in [1.165, 1.54) is 11.1 Å². The lowest BCUT2D eigenvalue weighted by Crippen LogP contribution is -2.31. The van der Waals surface area contributed by atoms with Gasteiger partial charge in [0.25, 0.3) is 0 Å². The van der Waals surface area contributed by atoms with Gasteiger partial charge in [0.05, 0.1) is 6.10 Å². The number of aliphatic hydroxyl groups is 1. The van der Waals surface area contributed by atoms with Gasteiger partial charge in [0.2, 0.25) is 5.95 Å². The fourth-order valence-electron chi connectivity index (χ4n) is 3.32. The van der Waals surface area contributed by atoms with E-state index in [0.29, 0.717) is 5.95 Å². The lowest BCUT2D eigenvalue weighted by Gasteiger charge is -2.30. The monoisotopic (exact) mass is 369 g/mol. The molecule has 2 heterocycles. The van der Waals surface area contributed by atoms with Gasteiger partial charge in [-0.15, -0.1) is 0 Å². The number of nitrogens with zero attached hydrogens (tertiary/aromatic N) is 4. The van der Waals surface area contributed by atoms with Crippen molar-refractivity contribution in [3.63, 3.8) is 0 Å². The molecule has 27 heavy (non-hydrogen) atoms.